The molecule has 3 heterocycles. The van der Waals surface area contributed by atoms with Crippen molar-refractivity contribution in [2.24, 2.45) is 0 Å². The van der Waals surface area contributed by atoms with E-state index >= 15 is 0 Å². The Balaban J connectivity index is 1.69. The van der Waals surface area contributed by atoms with Crippen LogP contribution >= 0.6 is 12.2 Å². The number of nitrogens with one attached hydrogen (secondary N) is 2. The smallest absolute Gasteiger partial charge is 0.335 e. The van der Waals surface area contributed by atoms with Crippen molar-refractivity contribution in [3.05, 3.63) is 101 Å². The van der Waals surface area contributed by atoms with Crippen LogP contribution in [0, 0.1) is 13.8 Å². The Kier molecular flexibility index (Phi) is 7.45. The zero-order valence-corrected chi connectivity index (χ0v) is 24.5. The second-order valence-corrected chi connectivity index (χ2v) is 11.9. The van der Waals surface area contributed by atoms with Gasteiger partial charge in [0.1, 0.15) is 5.75 Å². The Morgan fingerprint density at radius 3 is 2.51 bits per heavy atom. The summed E-state index contributed by atoms with van der Waals surface area (Å²) in [4.78, 5) is 18.2. The Bertz CT molecular complexity index is 1750. The summed E-state index contributed by atoms with van der Waals surface area (Å²) in [6, 6.07) is 19.0. The molecule has 0 aliphatic carbocycles. The number of anilines is 2. The molecule has 3 N–H and O–H groups in total. The van der Waals surface area contributed by atoms with E-state index in [9.17, 15) is 18.3 Å². The van der Waals surface area contributed by atoms with Gasteiger partial charge < -0.3 is 24.6 Å². The largest absolute Gasteiger partial charge is 0.495 e. The van der Waals surface area contributed by atoms with E-state index in [1.54, 1.807) is 36.5 Å². The average molecular weight is 592 g/mol. The van der Waals surface area contributed by atoms with E-state index in [4.69, 9.17) is 17.0 Å². The highest BCUT2D eigenvalue weighted by Crippen LogP contribution is 2.45. The Morgan fingerprint density at radius 2 is 1.85 bits per heavy atom. The SMILES string of the molecule is COc1ccc(N2C(=S)N[C@H](c3ccccn3)[C@@H]2c2cc(C)n(-c3cccc(C(=O)O)c3)c2C)cc1NS(C)(=O)=O. The topological polar surface area (TPSA) is 126 Å². The summed E-state index contributed by atoms with van der Waals surface area (Å²) >= 11 is 5.86. The second-order valence-electron chi connectivity index (χ2n) is 9.77. The number of pyridine rings is 1. The van der Waals surface area contributed by atoms with Gasteiger partial charge in [0.15, 0.2) is 5.11 Å². The molecule has 0 radical (unpaired) electrons. The van der Waals surface area contributed by atoms with Crippen LogP contribution in [0.25, 0.3) is 5.69 Å². The minimum atomic E-state index is -3.58. The molecule has 2 aromatic carbocycles. The standard InChI is InChI=1S/C29H29N5O5S2/c1-17-14-22(18(2)33(17)20-9-7-8-19(15-20)28(35)36)27-26(23-10-5-6-13-30-23)31-29(40)34(27)21-11-12-25(39-3)24(16-21)32-41(4,37)38/h5-16,26-27,32H,1-4H3,(H,31,40)(H,35,36)/t26-,27+/m1/s1. The van der Waals surface area contributed by atoms with Gasteiger partial charge in [-0.3, -0.25) is 9.71 Å². The number of nitrogens with zero attached hydrogens (tertiary/aromatic N) is 3. The molecule has 12 heteroatoms. The molecular weight excluding hydrogens is 562 g/mol. The summed E-state index contributed by atoms with van der Waals surface area (Å²) in [5, 5.41) is 13.4. The lowest BCUT2D eigenvalue weighted by atomic mass is 9.96. The van der Waals surface area contributed by atoms with Gasteiger partial charge in [-0.25, -0.2) is 13.2 Å². The first kappa shape index (κ1) is 28.1. The minimum Gasteiger partial charge on any atom is -0.495 e. The van der Waals surface area contributed by atoms with Crippen LogP contribution in [-0.4, -0.2) is 47.5 Å². The molecule has 10 nitrogen and oxygen atoms in total. The first-order valence-corrected chi connectivity index (χ1v) is 15.0. The molecule has 2 aromatic heterocycles. The zero-order valence-electron chi connectivity index (χ0n) is 22.8. The maximum Gasteiger partial charge on any atom is 0.335 e. The van der Waals surface area contributed by atoms with Gasteiger partial charge in [-0.2, -0.15) is 0 Å². The van der Waals surface area contributed by atoms with Gasteiger partial charge in [-0.15, -0.1) is 0 Å². The third-order valence-electron chi connectivity index (χ3n) is 6.99. The molecule has 1 saturated heterocycles. The number of benzene rings is 2. The molecule has 1 fully saturated rings. The third-order valence-corrected chi connectivity index (χ3v) is 7.90. The summed E-state index contributed by atoms with van der Waals surface area (Å²) in [5.41, 5.74) is 5.38. The van der Waals surface area contributed by atoms with E-state index in [0.29, 0.717) is 16.5 Å². The molecule has 41 heavy (non-hydrogen) atoms. The van der Waals surface area contributed by atoms with Crippen LogP contribution in [0.1, 0.15) is 45.1 Å². The lowest BCUT2D eigenvalue weighted by Gasteiger charge is -2.29. The van der Waals surface area contributed by atoms with Crippen LogP contribution in [0.4, 0.5) is 11.4 Å². The summed E-state index contributed by atoms with van der Waals surface area (Å²) in [6.07, 6.45) is 2.80. The van der Waals surface area contributed by atoms with E-state index < -0.39 is 16.0 Å². The van der Waals surface area contributed by atoms with Crippen molar-refractivity contribution in [1.29, 1.82) is 0 Å². The van der Waals surface area contributed by atoms with Crippen molar-refractivity contribution in [3.63, 3.8) is 0 Å². The lowest BCUT2D eigenvalue weighted by Crippen LogP contribution is -2.29. The monoisotopic (exact) mass is 591 g/mol. The Hall–Kier alpha value is -4.42. The number of carboxylic acid groups (broad SMARTS) is 1. The molecule has 1 aliphatic heterocycles. The summed E-state index contributed by atoms with van der Waals surface area (Å²) in [6.45, 7) is 3.95. The van der Waals surface area contributed by atoms with E-state index in [1.165, 1.54) is 7.11 Å². The van der Waals surface area contributed by atoms with E-state index in [-0.39, 0.29) is 23.3 Å². The van der Waals surface area contributed by atoms with Crippen molar-refractivity contribution >= 4 is 44.7 Å². The first-order chi connectivity index (χ1) is 19.5. The maximum atomic E-state index is 12.1. The lowest BCUT2D eigenvalue weighted by molar-refractivity contribution is 0.0697. The van der Waals surface area contributed by atoms with Crippen molar-refractivity contribution in [2.75, 3.05) is 23.0 Å². The predicted molar refractivity (Wildman–Crippen MR) is 162 cm³/mol. The van der Waals surface area contributed by atoms with Crippen molar-refractivity contribution < 1.29 is 23.1 Å². The fourth-order valence-electron chi connectivity index (χ4n) is 5.34. The van der Waals surface area contributed by atoms with Crippen LogP contribution in [0.5, 0.6) is 5.75 Å². The Labute approximate surface area is 243 Å². The number of carboxylic acids is 1. The molecule has 2 atom stereocenters. The highest BCUT2D eigenvalue weighted by atomic mass is 32.2. The molecule has 0 bridgehead atoms. The van der Waals surface area contributed by atoms with Gasteiger partial charge in [-0.1, -0.05) is 12.1 Å². The second kappa shape index (κ2) is 10.9. The summed E-state index contributed by atoms with van der Waals surface area (Å²) < 4.78 is 34.2. The van der Waals surface area contributed by atoms with Crippen molar-refractivity contribution in [2.45, 2.75) is 25.9 Å². The van der Waals surface area contributed by atoms with Gasteiger partial charge in [0.2, 0.25) is 10.0 Å². The summed E-state index contributed by atoms with van der Waals surface area (Å²) in [5.74, 6) is -0.633. The molecule has 4 aromatic rings. The number of ether oxygens (including phenoxy) is 1. The number of carbonyl (C=O) groups is 1. The highest BCUT2D eigenvalue weighted by Gasteiger charge is 2.42. The highest BCUT2D eigenvalue weighted by molar-refractivity contribution is 7.92. The van der Waals surface area contributed by atoms with Crippen molar-refractivity contribution in [1.82, 2.24) is 14.9 Å². The Morgan fingerprint density at radius 1 is 1.07 bits per heavy atom. The molecule has 0 saturated carbocycles. The third kappa shape index (κ3) is 5.48. The number of thiocarbonyl (C=S) groups is 1. The molecule has 0 unspecified atom stereocenters. The van der Waals surface area contributed by atoms with E-state index in [0.717, 1.165) is 34.6 Å². The number of aromatic carboxylic acids is 1. The number of hydrogen-bond acceptors (Lipinski definition) is 6. The average Bonchev–Trinajstić information content (AvgIpc) is 3.43. The van der Waals surface area contributed by atoms with Crippen LogP contribution in [0.15, 0.2) is 72.9 Å². The van der Waals surface area contributed by atoms with Crippen LogP contribution in [0.2, 0.25) is 0 Å². The zero-order chi connectivity index (χ0) is 29.5. The number of methoxy groups -OCH3 is 1. The number of aromatic nitrogens is 2. The molecular formula is C29H29N5O5S2. The molecule has 5 rings (SSSR count). The first-order valence-electron chi connectivity index (χ1n) is 12.7. The number of hydrogen-bond donors (Lipinski definition) is 3. The van der Waals surface area contributed by atoms with Crippen LogP contribution < -0.4 is 19.7 Å². The van der Waals surface area contributed by atoms with Gasteiger partial charge in [-0.05, 0) is 86.2 Å². The normalized spacial score (nSPS) is 16.9. The van der Waals surface area contributed by atoms with Crippen LogP contribution in [-0.2, 0) is 10.0 Å². The van der Waals surface area contributed by atoms with Crippen molar-refractivity contribution in [3.8, 4) is 11.4 Å². The fourth-order valence-corrected chi connectivity index (χ4v) is 6.24. The van der Waals surface area contributed by atoms with E-state index in [1.807, 2.05) is 53.6 Å². The number of rotatable bonds is 8. The van der Waals surface area contributed by atoms with Gasteiger partial charge in [0.05, 0.1) is 42.4 Å². The summed E-state index contributed by atoms with van der Waals surface area (Å²) in [7, 11) is -2.11. The minimum absolute atomic E-state index is 0.192. The number of aryl methyl sites for hydroxylation is 1. The molecule has 212 valence electrons. The molecule has 0 spiro atoms. The number of sulfonamides is 1. The molecule has 0 amide bonds. The van der Waals surface area contributed by atoms with E-state index in [2.05, 4.69) is 21.1 Å². The quantitative estimate of drug-likeness (QED) is 0.249. The predicted octanol–water partition coefficient (Wildman–Crippen LogP) is 4.74. The molecule has 1 aliphatic rings. The van der Waals surface area contributed by atoms with Crippen LogP contribution in [0.3, 0.4) is 0 Å². The van der Waals surface area contributed by atoms with Gasteiger partial charge >= 0.3 is 5.97 Å². The maximum absolute atomic E-state index is 12.1. The van der Waals surface area contributed by atoms with Gasteiger partial charge in [0, 0.05) is 29.0 Å². The fraction of sp³-hybridized carbons (Fsp3) is 0.207. The van der Waals surface area contributed by atoms with Gasteiger partial charge in [0.25, 0.3) is 0 Å².